The summed E-state index contributed by atoms with van der Waals surface area (Å²) >= 11 is 0. The van der Waals surface area contributed by atoms with Crippen molar-refractivity contribution >= 4 is 11.4 Å². The van der Waals surface area contributed by atoms with Crippen LogP contribution in [0.5, 0.6) is 0 Å². The molecule has 0 amide bonds. The van der Waals surface area contributed by atoms with Crippen molar-refractivity contribution in [1.29, 1.82) is 5.26 Å². The molecule has 0 aliphatic carbocycles. The molecule has 0 heterocycles. The molecule has 0 aromatic heterocycles. The minimum Gasteiger partial charge on any atom is -1.00 e. The molecule has 0 aliphatic rings. The Morgan fingerprint density at radius 1 is 1.12 bits per heavy atom. The summed E-state index contributed by atoms with van der Waals surface area (Å²) < 4.78 is 0. The van der Waals surface area contributed by atoms with Crippen molar-refractivity contribution in [2.24, 2.45) is 0 Å². The number of non-ortho nitro benzene ring substituents is 2. The van der Waals surface area contributed by atoms with Crippen molar-refractivity contribution in [2.45, 2.75) is 6.92 Å². The Bertz CT molecular complexity index is 371. The Balaban J connectivity index is -0.000000356. The van der Waals surface area contributed by atoms with Crippen molar-refractivity contribution in [1.82, 2.24) is 0 Å². The average Bonchev–Trinajstić information content (AvgIpc) is 2.19. The van der Waals surface area contributed by atoms with E-state index in [4.69, 9.17) is 5.26 Å². The molecule has 1 aromatic carbocycles. The summed E-state index contributed by atoms with van der Waals surface area (Å²) in [5.74, 6) is 0. The van der Waals surface area contributed by atoms with Gasteiger partial charge >= 0.3 is 29.6 Å². The summed E-state index contributed by atoms with van der Waals surface area (Å²) in [5.41, 5.74) is -0.304. The molecule has 16 heavy (non-hydrogen) atoms. The molecule has 80 valence electrons. The number of nitriles is 1. The fraction of sp³-hybridized carbons (Fsp3) is 0.125. The SMILES string of the molecule is CC#N.O=[N+]([O-])c1ccc([N+](=O)[O-])cc1.[H-].[Na+]. The Morgan fingerprint density at radius 2 is 1.31 bits per heavy atom. The molecule has 0 atom stereocenters. The number of hydrogen-bond donors (Lipinski definition) is 0. The van der Waals surface area contributed by atoms with Crippen molar-refractivity contribution in [3.63, 3.8) is 0 Å². The van der Waals surface area contributed by atoms with E-state index in [-0.39, 0.29) is 42.4 Å². The number of hydrogen-bond acceptors (Lipinski definition) is 5. The quantitative estimate of drug-likeness (QED) is 0.375. The molecule has 0 bridgehead atoms. The zero-order chi connectivity index (χ0) is 11.8. The van der Waals surface area contributed by atoms with Crippen LogP contribution in [0.4, 0.5) is 11.4 Å². The van der Waals surface area contributed by atoms with E-state index >= 15 is 0 Å². The first-order chi connectivity index (χ1) is 7.02. The third-order valence-electron chi connectivity index (χ3n) is 1.27. The molecule has 0 fully saturated rings. The molecule has 7 nitrogen and oxygen atoms in total. The third kappa shape index (κ3) is 6.08. The molecule has 0 saturated heterocycles. The summed E-state index contributed by atoms with van der Waals surface area (Å²) in [4.78, 5) is 19.0. The Morgan fingerprint density at radius 3 is 1.44 bits per heavy atom. The summed E-state index contributed by atoms with van der Waals surface area (Å²) in [6, 6.07) is 6.13. The van der Waals surface area contributed by atoms with E-state index in [2.05, 4.69) is 0 Å². The van der Waals surface area contributed by atoms with Crippen molar-refractivity contribution < 1.29 is 40.8 Å². The molecular weight excluding hydrogens is 225 g/mol. The van der Waals surface area contributed by atoms with Gasteiger partial charge in [-0.25, -0.2) is 0 Å². The van der Waals surface area contributed by atoms with Crippen LogP contribution in [0.25, 0.3) is 0 Å². The van der Waals surface area contributed by atoms with E-state index < -0.39 is 9.85 Å². The zero-order valence-corrected chi connectivity index (χ0v) is 10.8. The summed E-state index contributed by atoms with van der Waals surface area (Å²) in [6.07, 6.45) is 0. The smallest absolute Gasteiger partial charge is 1.00 e. The molecule has 1 rings (SSSR count). The van der Waals surface area contributed by atoms with Crippen molar-refractivity contribution in [2.75, 3.05) is 0 Å². The molecule has 0 aliphatic heterocycles. The predicted molar refractivity (Wildman–Crippen MR) is 52.1 cm³/mol. The first-order valence-electron chi connectivity index (χ1n) is 3.72. The normalized spacial score (nSPS) is 7.50. The molecule has 0 saturated carbocycles. The number of benzene rings is 1. The topological polar surface area (TPSA) is 110 Å². The Kier molecular flexibility index (Phi) is 9.30. The second kappa shape index (κ2) is 8.79. The standard InChI is InChI=1S/C6H4N2O4.C2H3N.Na.H/c9-7(10)5-1-2-6(4-3-5)8(11)12;1-2-3;;/h1-4H;1H3;;/q;;+1;-1. The maximum atomic E-state index is 10.1. The third-order valence-corrected chi connectivity index (χ3v) is 1.27. The van der Waals surface area contributed by atoms with Crippen molar-refractivity contribution in [3.05, 3.63) is 44.5 Å². The number of nitro benzene ring substituents is 2. The second-order valence-corrected chi connectivity index (χ2v) is 2.25. The van der Waals surface area contributed by atoms with Gasteiger partial charge in [-0.1, -0.05) is 0 Å². The van der Waals surface area contributed by atoms with Gasteiger partial charge in [0, 0.05) is 31.2 Å². The maximum Gasteiger partial charge on any atom is 1.00 e. The van der Waals surface area contributed by atoms with Crippen LogP contribution in [0.2, 0.25) is 0 Å². The summed E-state index contributed by atoms with van der Waals surface area (Å²) in [7, 11) is 0. The van der Waals surface area contributed by atoms with Gasteiger partial charge in [-0.3, -0.25) is 20.2 Å². The first-order valence-corrected chi connectivity index (χ1v) is 3.72. The van der Waals surface area contributed by atoms with Crippen LogP contribution in [0.1, 0.15) is 8.35 Å². The van der Waals surface area contributed by atoms with Crippen LogP contribution < -0.4 is 29.6 Å². The van der Waals surface area contributed by atoms with Gasteiger partial charge in [0.1, 0.15) is 0 Å². The monoisotopic (exact) mass is 233 g/mol. The van der Waals surface area contributed by atoms with Crippen LogP contribution in [0, 0.1) is 31.6 Å². The molecule has 0 spiro atoms. The van der Waals surface area contributed by atoms with E-state index in [1.54, 1.807) is 6.07 Å². The van der Waals surface area contributed by atoms with Gasteiger partial charge in [0.05, 0.1) is 15.9 Å². The van der Waals surface area contributed by atoms with E-state index in [1.165, 1.54) is 6.92 Å². The Hall–Kier alpha value is -1.49. The fourth-order valence-corrected chi connectivity index (χ4v) is 0.696. The van der Waals surface area contributed by atoms with Gasteiger partial charge in [0.15, 0.2) is 0 Å². The van der Waals surface area contributed by atoms with Gasteiger partial charge in [0.2, 0.25) is 0 Å². The summed E-state index contributed by atoms with van der Waals surface area (Å²) in [6.45, 7) is 1.43. The van der Waals surface area contributed by atoms with E-state index in [0.717, 1.165) is 24.3 Å². The summed E-state index contributed by atoms with van der Waals surface area (Å²) in [5, 5.41) is 27.6. The van der Waals surface area contributed by atoms with Crippen molar-refractivity contribution in [3.8, 4) is 6.07 Å². The molecule has 1 aromatic rings. The second-order valence-electron chi connectivity index (χ2n) is 2.25. The van der Waals surface area contributed by atoms with Crippen LogP contribution in [-0.4, -0.2) is 9.85 Å². The number of nitrogens with zero attached hydrogens (tertiary/aromatic N) is 3. The zero-order valence-electron chi connectivity index (χ0n) is 9.78. The molecule has 0 N–H and O–H groups in total. The largest absolute Gasteiger partial charge is 1.00 e. The number of rotatable bonds is 2. The van der Waals surface area contributed by atoms with Crippen LogP contribution in [0.15, 0.2) is 24.3 Å². The number of nitro groups is 2. The van der Waals surface area contributed by atoms with Gasteiger partial charge in [0.25, 0.3) is 11.4 Å². The predicted octanol–water partition coefficient (Wildman–Crippen LogP) is -0.851. The minimum atomic E-state index is -0.607. The van der Waals surface area contributed by atoms with Gasteiger partial charge in [-0.05, 0) is 0 Å². The van der Waals surface area contributed by atoms with E-state index in [1.807, 2.05) is 0 Å². The van der Waals surface area contributed by atoms with E-state index in [0.29, 0.717) is 0 Å². The molecular formula is C8H8N3NaO4. The van der Waals surface area contributed by atoms with Gasteiger partial charge in [-0.2, -0.15) is 5.26 Å². The van der Waals surface area contributed by atoms with Crippen LogP contribution in [-0.2, 0) is 0 Å². The Labute approximate surface area is 115 Å². The fourth-order valence-electron chi connectivity index (χ4n) is 0.696. The van der Waals surface area contributed by atoms with Crippen LogP contribution in [0.3, 0.4) is 0 Å². The molecule has 0 radical (unpaired) electrons. The first kappa shape index (κ1) is 16.9. The van der Waals surface area contributed by atoms with E-state index in [9.17, 15) is 20.2 Å². The average molecular weight is 233 g/mol. The van der Waals surface area contributed by atoms with Gasteiger partial charge in [-0.15, -0.1) is 0 Å². The molecule has 0 unspecified atom stereocenters. The minimum absolute atomic E-state index is 0. The van der Waals surface area contributed by atoms with Crippen LogP contribution >= 0.6 is 0 Å². The van der Waals surface area contributed by atoms with Gasteiger partial charge < -0.3 is 1.43 Å². The molecule has 8 heteroatoms. The maximum absolute atomic E-state index is 10.1.